The standard InChI is InChI=1S/C17H27N/c1-4-13-5-7-14(8-6-13)16-11-17(2,3)10-9-15(16)12-18/h5-8,15-16H,4,9-12,18H2,1-3H3. The zero-order chi connectivity index (χ0) is 13.2. The fourth-order valence-corrected chi connectivity index (χ4v) is 3.31. The summed E-state index contributed by atoms with van der Waals surface area (Å²) in [5, 5.41) is 0. The molecule has 1 saturated carbocycles. The Morgan fingerprint density at radius 1 is 1.22 bits per heavy atom. The first-order chi connectivity index (χ1) is 8.55. The van der Waals surface area contributed by atoms with Gasteiger partial charge in [-0.15, -0.1) is 0 Å². The Bertz CT molecular complexity index is 377. The summed E-state index contributed by atoms with van der Waals surface area (Å²) >= 11 is 0. The van der Waals surface area contributed by atoms with Gasteiger partial charge in [0.05, 0.1) is 0 Å². The van der Waals surface area contributed by atoms with Crippen molar-refractivity contribution in [3.63, 3.8) is 0 Å². The molecule has 1 aliphatic rings. The molecule has 0 aromatic heterocycles. The molecule has 0 bridgehead atoms. The minimum Gasteiger partial charge on any atom is -0.330 e. The summed E-state index contributed by atoms with van der Waals surface area (Å²) in [6.07, 6.45) is 5.00. The predicted octanol–water partition coefficient (Wildman–Crippen LogP) is 4.12. The van der Waals surface area contributed by atoms with Crippen LogP contribution in [-0.2, 0) is 6.42 Å². The van der Waals surface area contributed by atoms with Gasteiger partial charge < -0.3 is 5.73 Å². The zero-order valence-corrected chi connectivity index (χ0v) is 12.1. The van der Waals surface area contributed by atoms with Crippen LogP contribution < -0.4 is 5.73 Å². The normalized spacial score (nSPS) is 27.1. The number of rotatable bonds is 3. The topological polar surface area (TPSA) is 26.0 Å². The first-order valence-electron chi connectivity index (χ1n) is 7.34. The summed E-state index contributed by atoms with van der Waals surface area (Å²) < 4.78 is 0. The molecule has 2 N–H and O–H groups in total. The Labute approximate surface area is 112 Å². The monoisotopic (exact) mass is 245 g/mol. The maximum atomic E-state index is 5.98. The van der Waals surface area contributed by atoms with E-state index in [0.29, 0.717) is 17.3 Å². The van der Waals surface area contributed by atoms with E-state index in [4.69, 9.17) is 5.73 Å². The van der Waals surface area contributed by atoms with Crippen LogP contribution in [0.1, 0.15) is 57.1 Å². The van der Waals surface area contributed by atoms with E-state index in [0.717, 1.165) is 13.0 Å². The lowest BCUT2D eigenvalue weighted by molar-refractivity contribution is 0.165. The highest BCUT2D eigenvalue weighted by Gasteiger charge is 2.34. The Morgan fingerprint density at radius 3 is 2.44 bits per heavy atom. The van der Waals surface area contributed by atoms with Crippen molar-refractivity contribution in [3.05, 3.63) is 35.4 Å². The maximum Gasteiger partial charge on any atom is -0.00430 e. The van der Waals surface area contributed by atoms with Gasteiger partial charge in [-0.05, 0) is 60.6 Å². The third kappa shape index (κ3) is 2.95. The van der Waals surface area contributed by atoms with Crippen molar-refractivity contribution in [2.24, 2.45) is 17.1 Å². The SMILES string of the molecule is CCc1ccc(C2CC(C)(C)CCC2CN)cc1. The van der Waals surface area contributed by atoms with Gasteiger partial charge in [0.25, 0.3) is 0 Å². The number of hydrogen-bond acceptors (Lipinski definition) is 1. The molecule has 1 heteroatoms. The van der Waals surface area contributed by atoms with Crippen molar-refractivity contribution in [3.8, 4) is 0 Å². The van der Waals surface area contributed by atoms with Crippen LogP contribution in [-0.4, -0.2) is 6.54 Å². The van der Waals surface area contributed by atoms with E-state index >= 15 is 0 Å². The third-order valence-electron chi connectivity index (χ3n) is 4.65. The molecule has 2 rings (SSSR count). The van der Waals surface area contributed by atoms with Gasteiger partial charge >= 0.3 is 0 Å². The number of hydrogen-bond donors (Lipinski definition) is 1. The quantitative estimate of drug-likeness (QED) is 0.852. The van der Waals surface area contributed by atoms with Gasteiger partial charge in [-0.25, -0.2) is 0 Å². The fourth-order valence-electron chi connectivity index (χ4n) is 3.31. The number of nitrogens with two attached hydrogens (primary N) is 1. The smallest absolute Gasteiger partial charge is 0.00430 e. The molecule has 2 unspecified atom stereocenters. The van der Waals surface area contributed by atoms with Crippen LogP contribution in [0.3, 0.4) is 0 Å². The average molecular weight is 245 g/mol. The molecular formula is C17H27N. The second-order valence-electron chi connectivity index (χ2n) is 6.60. The third-order valence-corrected chi connectivity index (χ3v) is 4.65. The summed E-state index contributed by atoms with van der Waals surface area (Å²) in [6, 6.07) is 9.22. The highest BCUT2D eigenvalue weighted by molar-refractivity contribution is 5.26. The van der Waals surface area contributed by atoms with E-state index in [9.17, 15) is 0 Å². The van der Waals surface area contributed by atoms with E-state index < -0.39 is 0 Å². The molecule has 2 atom stereocenters. The van der Waals surface area contributed by atoms with Gasteiger partial charge in [-0.2, -0.15) is 0 Å². The van der Waals surface area contributed by atoms with Crippen LogP contribution in [0.2, 0.25) is 0 Å². The molecule has 0 heterocycles. The molecule has 0 amide bonds. The van der Waals surface area contributed by atoms with Crippen LogP contribution in [0.5, 0.6) is 0 Å². The lowest BCUT2D eigenvalue weighted by Crippen LogP contribution is -2.32. The van der Waals surface area contributed by atoms with Crippen LogP contribution in [0.15, 0.2) is 24.3 Å². The van der Waals surface area contributed by atoms with Gasteiger partial charge in [0.1, 0.15) is 0 Å². The highest BCUT2D eigenvalue weighted by atomic mass is 14.6. The van der Waals surface area contributed by atoms with Gasteiger partial charge in [0.15, 0.2) is 0 Å². The van der Waals surface area contributed by atoms with E-state index in [-0.39, 0.29) is 0 Å². The first kappa shape index (κ1) is 13.6. The molecule has 0 aliphatic heterocycles. The lowest BCUT2D eigenvalue weighted by Gasteiger charge is -2.40. The molecule has 0 saturated heterocycles. The van der Waals surface area contributed by atoms with Crippen molar-refractivity contribution in [1.82, 2.24) is 0 Å². The molecule has 100 valence electrons. The summed E-state index contributed by atoms with van der Waals surface area (Å²) in [5.74, 6) is 1.33. The molecule has 1 fully saturated rings. The predicted molar refractivity (Wildman–Crippen MR) is 78.7 cm³/mol. The minimum atomic E-state index is 0.472. The molecular weight excluding hydrogens is 218 g/mol. The average Bonchev–Trinajstić information content (AvgIpc) is 2.38. The molecule has 1 aromatic carbocycles. The van der Waals surface area contributed by atoms with Crippen molar-refractivity contribution in [1.29, 1.82) is 0 Å². The van der Waals surface area contributed by atoms with Crippen molar-refractivity contribution in [2.75, 3.05) is 6.54 Å². The zero-order valence-electron chi connectivity index (χ0n) is 12.1. The largest absolute Gasteiger partial charge is 0.330 e. The van der Waals surface area contributed by atoms with Crippen LogP contribution in [0.4, 0.5) is 0 Å². The van der Waals surface area contributed by atoms with Crippen molar-refractivity contribution in [2.45, 2.75) is 52.4 Å². The van der Waals surface area contributed by atoms with E-state index in [1.54, 1.807) is 0 Å². The van der Waals surface area contributed by atoms with E-state index in [1.165, 1.54) is 30.4 Å². The van der Waals surface area contributed by atoms with Gasteiger partial charge in [-0.3, -0.25) is 0 Å². The second kappa shape index (κ2) is 5.44. The first-order valence-corrected chi connectivity index (χ1v) is 7.34. The molecule has 18 heavy (non-hydrogen) atoms. The van der Waals surface area contributed by atoms with Crippen LogP contribution in [0.25, 0.3) is 0 Å². The van der Waals surface area contributed by atoms with E-state index in [2.05, 4.69) is 45.0 Å². The summed E-state index contributed by atoms with van der Waals surface area (Å²) in [7, 11) is 0. The Kier molecular flexibility index (Phi) is 4.11. The fraction of sp³-hybridized carbons (Fsp3) is 0.647. The van der Waals surface area contributed by atoms with E-state index in [1.807, 2.05) is 0 Å². The van der Waals surface area contributed by atoms with Gasteiger partial charge in [0.2, 0.25) is 0 Å². The van der Waals surface area contributed by atoms with Gasteiger partial charge in [0, 0.05) is 0 Å². The van der Waals surface area contributed by atoms with Crippen LogP contribution >= 0.6 is 0 Å². The number of aryl methyl sites for hydroxylation is 1. The maximum absolute atomic E-state index is 5.98. The van der Waals surface area contributed by atoms with Crippen molar-refractivity contribution < 1.29 is 0 Å². The molecule has 1 aliphatic carbocycles. The van der Waals surface area contributed by atoms with Crippen LogP contribution in [0, 0.1) is 11.3 Å². The Balaban J connectivity index is 2.21. The summed E-state index contributed by atoms with van der Waals surface area (Å²) in [6.45, 7) is 7.83. The minimum absolute atomic E-state index is 0.472. The molecule has 1 aromatic rings. The summed E-state index contributed by atoms with van der Waals surface area (Å²) in [4.78, 5) is 0. The number of benzene rings is 1. The summed E-state index contributed by atoms with van der Waals surface area (Å²) in [5.41, 5.74) is 9.37. The second-order valence-corrected chi connectivity index (χ2v) is 6.60. The molecule has 1 nitrogen and oxygen atoms in total. The highest BCUT2D eigenvalue weighted by Crippen LogP contribution is 2.46. The Morgan fingerprint density at radius 2 is 1.89 bits per heavy atom. The lowest BCUT2D eigenvalue weighted by atomic mass is 9.65. The molecule has 0 radical (unpaired) electrons. The van der Waals surface area contributed by atoms with Crippen molar-refractivity contribution >= 4 is 0 Å². The molecule has 0 spiro atoms. The Hall–Kier alpha value is -0.820. The van der Waals surface area contributed by atoms with Gasteiger partial charge in [-0.1, -0.05) is 45.0 Å².